The van der Waals surface area contributed by atoms with Crippen molar-refractivity contribution in [2.45, 2.75) is 32.9 Å². The van der Waals surface area contributed by atoms with Gasteiger partial charge in [-0.1, -0.05) is 12.1 Å². The van der Waals surface area contributed by atoms with Crippen molar-refractivity contribution in [3.05, 3.63) is 75.7 Å². The third-order valence-corrected chi connectivity index (χ3v) is 5.96. The van der Waals surface area contributed by atoms with Crippen LogP contribution in [0.1, 0.15) is 38.3 Å². The summed E-state index contributed by atoms with van der Waals surface area (Å²) in [6, 6.07) is 11.9. The number of aryl methyl sites for hydroxylation is 3. The van der Waals surface area contributed by atoms with Crippen LogP contribution in [-0.4, -0.2) is 10.9 Å². The number of carbonyl (C=O) groups is 1. The van der Waals surface area contributed by atoms with E-state index in [1.807, 2.05) is 13.0 Å². The molecule has 2 nitrogen and oxygen atoms in total. The summed E-state index contributed by atoms with van der Waals surface area (Å²) in [6.45, 7) is 3.68. The minimum Gasteiger partial charge on any atom is -0.508 e. The fourth-order valence-electron chi connectivity index (χ4n) is 2.93. The summed E-state index contributed by atoms with van der Waals surface area (Å²) in [5, 5.41) is 9.57. The maximum atomic E-state index is 12.7. The largest absolute Gasteiger partial charge is 0.508 e. The number of ketones is 1. The number of halogens is 3. The van der Waals surface area contributed by atoms with Gasteiger partial charge in [0.2, 0.25) is 0 Å². The van der Waals surface area contributed by atoms with E-state index < -0.39 is 11.7 Å². The van der Waals surface area contributed by atoms with Crippen LogP contribution in [0.5, 0.6) is 5.75 Å². The van der Waals surface area contributed by atoms with E-state index in [1.165, 1.54) is 29.5 Å². The van der Waals surface area contributed by atoms with Gasteiger partial charge in [0, 0.05) is 21.7 Å². The summed E-state index contributed by atoms with van der Waals surface area (Å²) in [5.74, 6) is 0.152. The van der Waals surface area contributed by atoms with Gasteiger partial charge in [-0.2, -0.15) is 13.2 Å². The third kappa shape index (κ3) is 4.44. The monoisotopic (exact) mass is 404 g/mol. The van der Waals surface area contributed by atoms with Crippen LogP contribution >= 0.6 is 11.3 Å². The molecule has 0 amide bonds. The highest BCUT2D eigenvalue weighted by molar-refractivity contribution is 7.15. The zero-order valence-electron chi connectivity index (χ0n) is 15.4. The first-order valence-electron chi connectivity index (χ1n) is 8.75. The number of aromatic hydroxyl groups is 1. The fraction of sp³-hybridized carbons (Fsp3) is 0.227. The topological polar surface area (TPSA) is 37.3 Å². The third-order valence-electron chi connectivity index (χ3n) is 4.62. The Morgan fingerprint density at radius 2 is 1.68 bits per heavy atom. The van der Waals surface area contributed by atoms with Crippen molar-refractivity contribution in [1.82, 2.24) is 0 Å². The van der Waals surface area contributed by atoms with Crippen LogP contribution in [0, 0.1) is 13.8 Å². The van der Waals surface area contributed by atoms with E-state index in [0.29, 0.717) is 24.0 Å². The number of phenolic OH excluding ortho intramolecular Hbond substituents is 1. The number of phenols is 1. The molecule has 0 radical (unpaired) electrons. The molecule has 28 heavy (non-hydrogen) atoms. The zero-order chi connectivity index (χ0) is 20.5. The quantitative estimate of drug-likeness (QED) is 0.488. The van der Waals surface area contributed by atoms with Crippen molar-refractivity contribution in [3.8, 4) is 16.2 Å². The van der Waals surface area contributed by atoms with E-state index in [-0.39, 0.29) is 11.5 Å². The van der Waals surface area contributed by atoms with Gasteiger partial charge in [-0.15, -0.1) is 11.3 Å². The van der Waals surface area contributed by atoms with Crippen LogP contribution in [0.2, 0.25) is 0 Å². The van der Waals surface area contributed by atoms with Gasteiger partial charge in [0.25, 0.3) is 0 Å². The average Bonchev–Trinajstić information content (AvgIpc) is 3.02. The molecule has 0 bridgehead atoms. The molecule has 1 N–H and O–H groups in total. The number of alkyl halides is 3. The average molecular weight is 404 g/mol. The predicted molar refractivity (Wildman–Crippen MR) is 105 cm³/mol. The van der Waals surface area contributed by atoms with E-state index in [9.17, 15) is 23.1 Å². The molecule has 0 aliphatic carbocycles. The lowest BCUT2D eigenvalue weighted by Crippen LogP contribution is -2.03. The van der Waals surface area contributed by atoms with E-state index in [4.69, 9.17) is 0 Å². The van der Waals surface area contributed by atoms with Crippen molar-refractivity contribution in [2.75, 3.05) is 0 Å². The normalized spacial score (nSPS) is 11.6. The van der Waals surface area contributed by atoms with Crippen molar-refractivity contribution in [3.63, 3.8) is 0 Å². The Labute approximate surface area is 165 Å². The first kappa shape index (κ1) is 20.1. The van der Waals surface area contributed by atoms with Crippen LogP contribution in [0.15, 0.2) is 48.5 Å². The molecular weight excluding hydrogens is 385 g/mol. The molecule has 1 heterocycles. The summed E-state index contributed by atoms with van der Waals surface area (Å²) < 4.78 is 38.1. The van der Waals surface area contributed by atoms with Crippen LogP contribution in [0.4, 0.5) is 13.2 Å². The second-order valence-electron chi connectivity index (χ2n) is 6.72. The predicted octanol–water partition coefficient (Wildman–Crippen LogP) is 6.57. The lowest BCUT2D eigenvalue weighted by Gasteiger charge is -2.06. The van der Waals surface area contributed by atoms with Gasteiger partial charge >= 0.3 is 6.18 Å². The van der Waals surface area contributed by atoms with Gasteiger partial charge in [0.15, 0.2) is 5.78 Å². The summed E-state index contributed by atoms with van der Waals surface area (Å²) in [6.07, 6.45) is -3.45. The molecule has 3 rings (SSSR count). The van der Waals surface area contributed by atoms with E-state index in [0.717, 1.165) is 33.0 Å². The van der Waals surface area contributed by atoms with Crippen LogP contribution in [0.25, 0.3) is 10.4 Å². The van der Waals surface area contributed by atoms with Gasteiger partial charge in [0.1, 0.15) is 5.75 Å². The second-order valence-corrected chi connectivity index (χ2v) is 7.85. The van der Waals surface area contributed by atoms with Crippen molar-refractivity contribution in [1.29, 1.82) is 0 Å². The molecule has 2 aromatic carbocycles. The van der Waals surface area contributed by atoms with Crippen LogP contribution in [0.3, 0.4) is 0 Å². The second kappa shape index (κ2) is 7.80. The number of benzene rings is 2. The Morgan fingerprint density at radius 3 is 2.29 bits per heavy atom. The summed E-state index contributed by atoms with van der Waals surface area (Å²) in [7, 11) is 0. The molecule has 1 aromatic heterocycles. The van der Waals surface area contributed by atoms with Gasteiger partial charge in [-0.3, -0.25) is 4.79 Å². The van der Waals surface area contributed by atoms with Crippen LogP contribution in [-0.2, 0) is 12.6 Å². The fourth-order valence-corrected chi connectivity index (χ4v) is 4.11. The molecule has 0 unspecified atom stereocenters. The Balaban J connectivity index is 1.72. The van der Waals surface area contributed by atoms with E-state index in [2.05, 4.69) is 0 Å². The van der Waals surface area contributed by atoms with E-state index >= 15 is 0 Å². The van der Waals surface area contributed by atoms with Crippen LogP contribution < -0.4 is 0 Å². The van der Waals surface area contributed by atoms with Gasteiger partial charge in [-0.25, -0.2) is 0 Å². The molecule has 146 valence electrons. The lowest BCUT2D eigenvalue weighted by molar-refractivity contribution is -0.137. The first-order chi connectivity index (χ1) is 13.1. The minimum absolute atomic E-state index is 0.00743. The molecule has 0 spiro atoms. The Morgan fingerprint density at radius 1 is 1.00 bits per heavy atom. The standard InChI is InChI=1S/C22H19F3O2S/c1-13-11-16(5-8-18(13)26)19(27)9-10-20-14(2)12-21(28-20)15-3-6-17(7-4-15)22(23,24)25/h3-8,11-12,26H,9-10H2,1-2H3. The smallest absolute Gasteiger partial charge is 0.416 e. The van der Waals surface area contributed by atoms with E-state index in [1.54, 1.807) is 19.1 Å². The molecule has 0 fully saturated rings. The SMILES string of the molecule is Cc1cc(C(=O)CCc2sc(-c3ccc(C(F)(F)F)cc3)cc2C)ccc1O. The number of Topliss-reactive ketones (excluding diaryl/α,β-unsaturated/α-hetero) is 1. The Hall–Kier alpha value is -2.60. The first-order valence-corrected chi connectivity index (χ1v) is 9.56. The Kier molecular flexibility index (Phi) is 5.61. The molecule has 3 aromatic rings. The number of thiophene rings is 1. The highest BCUT2D eigenvalue weighted by Gasteiger charge is 2.30. The molecule has 0 saturated carbocycles. The molecule has 0 aliphatic rings. The minimum atomic E-state index is -4.35. The molecule has 6 heteroatoms. The van der Waals surface area contributed by atoms with Crippen molar-refractivity contribution < 1.29 is 23.1 Å². The summed E-state index contributed by atoms with van der Waals surface area (Å²) >= 11 is 1.50. The number of carbonyl (C=O) groups excluding carboxylic acids is 1. The Bertz CT molecular complexity index is 1000. The van der Waals surface area contributed by atoms with Gasteiger partial charge in [-0.05, 0) is 73.4 Å². The lowest BCUT2D eigenvalue weighted by atomic mass is 10.0. The van der Waals surface area contributed by atoms with Crippen molar-refractivity contribution in [2.24, 2.45) is 0 Å². The highest BCUT2D eigenvalue weighted by Crippen LogP contribution is 2.35. The molecule has 0 saturated heterocycles. The summed E-state index contributed by atoms with van der Waals surface area (Å²) in [5.41, 5.74) is 2.30. The molecule has 0 aliphatic heterocycles. The molecular formula is C22H19F3O2S. The maximum Gasteiger partial charge on any atom is 0.416 e. The van der Waals surface area contributed by atoms with Gasteiger partial charge in [0.05, 0.1) is 5.56 Å². The maximum absolute atomic E-state index is 12.7. The zero-order valence-corrected chi connectivity index (χ0v) is 16.2. The van der Waals surface area contributed by atoms with Crippen molar-refractivity contribution >= 4 is 17.1 Å². The summed E-state index contributed by atoms with van der Waals surface area (Å²) in [4.78, 5) is 14.3. The highest BCUT2D eigenvalue weighted by atomic mass is 32.1. The number of rotatable bonds is 5. The molecule has 0 atom stereocenters. The number of hydrogen-bond acceptors (Lipinski definition) is 3. The van der Waals surface area contributed by atoms with Gasteiger partial charge < -0.3 is 5.11 Å². The number of hydrogen-bond donors (Lipinski definition) is 1.